The second-order valence-electron chi connectivity index (χ2n) is 5.50. The molecule has 0 saturated carbocycles. The van der Waals surface area contributed by atoms with E-state index < -0.39 is 0 Å². The summed E-state index contributed by atoms with van der Waals surface area (Å²) in [5, 5.41) is 4.65. The molecule has 23 heavy (non-hydrogen) atoms. The highest BCUT2D eigenvalue weighted by Gasteiger charge is 2.16. The third-order valence-corrected chi connectivity index (χ3v) is 5.11. The maximum Gasteiger partial charge on any atom is 0.231 e. The first-order valence-corrected chi connectivity index (χ1v) is 8.85. The molecule has 6 heteroatoms. The summed E-state index contributed by atoms with van der Waals surface area (Å²) < 4.78 is 10.8. The fraction of sp³-hybridized carbons (Fsp3) is 0.471. The first kappa shape index (κ1) is 16.1. The van der Waals surface area contributed by atoms with Crippen molar-refractivity contribution >= 4 is 16.5 Å². The molecule has 0 fully saturated rings. The van der Waals surface area contributed by atoms with E-state index in [1.807, 2.05) is 18.3 Å². The summed E-state index contributed by atoms with van der Waals surface area (Å²) in [6.07, 6.45) is 1.97. The van der Waals surface area contributed by atoms with Crippen LogP contribution >= 0.6 is 11.3 Å². The normalized spacial score (nSPS) is 14.0. The maximum absolute atomic E-state index is 5.44. The molecular formula is C17H23N3O2S. The lowest BCUT2D eigenvalue weighted by atomic mass is 10.1. The van der Waals surface area contributed by atoms with Gasteiger partial charge in [0.2, 0.25) is 6.79 Å². The van der Waals surface area contributed by atoms with Crippen LogP contribution in [0.15, 0.2) is 24.4 Å². The summed E-state index contributed by atoms with van der Waals surface area (Å²) in [7, 11) is 0. The predicted molar refractivity (Wildman–Crippen MR) is 93.5 cm³/mol. The molecule has 1 aromatic heterocycles. The maximum atomic E-state index is 5.44. The smallest absolute Gasteiger partial charge is 0.231 e. The van der Waals surface area contributed by atoms with Gasteiger partial charge in [-0.05, 0) is 38.5 Å². The summed E-state index contributed by atoms with van der Waals surface area (Å²) in [6, 6.07) is 6.34. The van der Waals surface area contributed by atoms with Crippen LogP contribution in [0.5, 0.6) is 11.5 Å². The van der Waals surface area contributed by atoms with Crippen molar-refractivity contribution in [1.29, 1.82) is 0 Å². The van der Waals surface area contributed by atoms with Gasteiger partial charge < -0.3 is 19.7 Å². The lowest BCUT2D eigenvalue weighted by Gasteiger charge is -2.16. The number of aromatic nitrogens is 1. The molecule has 0 aliphatic carbocycles. The molecule has 1 aromatic carbocycles. The topological polar surface area (TPSA) is 46.6 Å². The van der Waals surface area contributed by atoms with Gasteiger partial charge in [-0.25, -0.2) is 4.98 Å². The highest BCUT2D eigenvalue weighted by Crippen LogP contribution is 2.34. The molecule has 2 heterocycles. The monoisotopic (exact) mass is 333 g/mol. The van der Waals surface area contributed by atoms with Crippen LogP contribution < -0.4 is 19.7 Å². The lowest BCUT2D eigenvalue weighted by Crippen LogP contribution is -2.21. The van der Waals surface area contributed by atoms with E-state index >= 15 is 0 Å². The van der Waals surface area contributed by atoms with Crippen molar-refractivity contribution in [2.75, 3.05) is 24.8 Å². The highest BCUT2D eigenvalue weighted by atomic mass is 32.1. The van der Waals surface area contributed by atoms with Crippen molar-refractivity contribution in [3.05, 3.63) is 34.8 Å². The lowest BCUT2D eigenvalue weighted by molar-refractivity contribution is 0.174. The minimum atomic E-state index is 0.239. The van der Waals surface area contributed by atoms with Crippen LogP contribution in [-0.4, -0.2) is 24.9 Å². The molecule has 1 aliphatic heterocycles. The van der Waals surface area contributed by atoms with E-state index in [9.17, 15) is 0 Å². The van der Waals surface area contributed by atoms with Crippen molar-refractivity contribution in [3.63, 3.8) is 0 Å². The van der Waals surface area contributed by atoms with Gasteiger partial charge in [0.1, 0.15) is 0 Å². The summed E-state index contributed by atoms with van der Waals surface area (Å²) in [5.74, 6) is 1.66. The van der Waals surface area contributed by atoms with Gasteiger partial charge in [0.05, 0.1) is 0 Å². The molecule has 1 N–H and O–H groups in total. The minimum absolute atomic E-state index is 0.239. The van der Waals surface area contributed by atoms with Crippen molar-refractivity contribution in [2.24, 2.45) is 0 Å². The molecular weight excluding hydrogens is 310 g/mol. The standard InChI is InChI=1S/C17H23N3O2S/c1-4-20(5-2)17-19-10-14(23-17)9-18-12(3)13-6-7-15-16(8-13)22-11-21-15/h6-8,10,12,18H,4-5,9,11H2,1-3H3. The third kappa shape index (κ3) is 3.59. The van der Waals surface area contributed by atoms with E-state index in [2.05, 4.69) is 42.0 Å². The number of ether oxygens (including phenoxy) is 2. The quantitative estimate of drug-likeness (QED) is 0.839. The van der Waals surface area contributed by atoms with Crippen LogP contribution in [0.2, 0.25) is 0 Å². The zero-order chi connectivity index (χ0) is 16.2. The summed E-state index contributed by atoms with van der Waals surface area (Å²) in [6.45, 7) is 9.58. The SMILES string of the molecule is CCN(CC)c1ncc(CNC(C)c2ccc3c(c2)OCO3)s1. The van der Waals surface area contributed by atoms with E-state index in [1.54, 1.807) is 11.3 Å². The molecule has 124 valence electrons. The van der Waals surface area contributed by atoms with E-state index in [4.69, 9.17) is 9.47 Å². The number of rotatable bonds is 7. The number of thiazole rings is 1. The molecule has 2 aromatic rings. The van der Waals surface area contributed by atoms with E-state index in [1.165, 1.54) is 10.4 Å². The molecule has 1 aliphatic rings. The van der Waals surface area contributed by atoms with Crippen molar-refractivity contribution in [3.8, 4) is 11.5 Å². The summed E-state index contributed by atoms with van der Waals surface area (Å²) >= 11 is 1.76. The Morgan fingerprint density at radius 1 is 1.26 bits per heavy atom. The first-order chi connectivity index (χ1) is 11.2. The Kier molecular flexibility index (Phi) is 5.03. The van der Waals surface area contributed by atoms with Crippen LogP contribution in [0, 0.1) is 0 Å². The molecule has 0 spiro atoms. The van der Waals surface area contributed by atoms with Crippen LogP contribution in [0.1, 0.15) is 37.3 Å². The first-order valence-electron chi connectivity index (χ1n) is 8.03. The zero-order valence-corrected chi connectivity index (χ0v) is 14.7. The molecule has 0 amide bonds. The Morgan fingerprint density at radius 3 is 2.83 bits per heavy atom. The van der Waals surface area contributed by atoms with Gasteiger partial charge in [-0.2, -0.15) is 0 Å². The second-order valence-corrected chi connectivity index (χ2v) is 6.59. The fourth-order valence-electron chi connectivity index (χ4n) is 2.57. The molecule has 3 rings (SSSR count). The van der Waals surface area contributed by atoms with Gasteiger partial charge in [0, 0.05) is 36.8 Å². The van der Waals surface area contributed by atoms with Crippen LogP contribution in [-0.2, 0) is 6.54 Å². The Balaban J connectivity index is 1.59. The Labute approximate surface area is 141 Å². The van der Waals surface area contributed by atoms with Gasteiger partial charge in [-0.1, -0.05) is 6.07 Å². The Hall–Kier alpha value is -1.79. The molecule has 0 saturated heterocycles. The van der Waals surface area contributed by atoms with Crippen LogP contribution in [0.3, 0.4) is 0 Å². The van der Waals surface area contributed by atoms with Gasteiger partial charge in [0.15, 0.2) is 16.6 Å². The second kappa shape index (κ2) is 7.19. The Bertz CT molecular complexity index is 655. The third-order valence-electron chi connectivity index (χ3n) is 4.05. The molecule has 0 bridgehead atoms. The van der Waals surface area contributed by atoms with Crippen LogP contribution in [0.25, 0.3) is 0 Å². The number of nitrogens with zero attached hydrogens (tertiary/aromatic N) is 2. The van der Waals surface area contributed by atoms with E-state index in [0.29, 0.717) is 6.79 Å². The van der Waals surface area contributed by atoms with Crippen molar-refractivity contribution < 1.29 is 9.47 Å². The largest absolute Gasteiger partial charge is 0.454 e. The number of benzene rings is 1. The summed E-state index contributed by atoms with van der Waals surface area (Å²) in [5.41, 5.74) is 1.20. The Morgan fingerprint density at radius 2 is 2.04 bits per heavy atom. The molecule has 0 radical (unpaired) electrons. The van der Waals surface area contributed by atoms with Gasteiger partial charge in [-0.3, -0.25) is 0 Å². The number of anilines is 1. The number of hydrogen-bond donors (Lipinski definition) is 1. The van der Waals surface area contributed by atoms with E-state index in [0.717, 1.165) is 36.3 Å². The van der Waals surface area contributed by atoms with Crippen molar-refractivity contribution in [2.45, 2.75) is 33.4 Å². The highest BCUT2D eigenvalue weighted by molar-refractivity contribution is 7.15. The molecule has 1 atom stereocenters. The number of nitrogens with one attached hydrogen (secondary N) is 1. The van der Waals surface area contributed by atoms with Crippen molar-refractivity contribution in [1.82, 2.24) is 10.3 Å². The predicted octanol–water partition coefficient (Wildman–Crippen LogP) is 3.57. The summed E-state index contributed by atoms with van der Waals surface area (Å²) in [4.78, 5) is 8.05. The molecule has 1 unspecified atom stereocenters. The van der Waals surface area contributed by atoms with Gasteiger partial charge in [-0.15, -0.1) is 11.3 Å². The van der Waals surface area contributed by atoms with Gasteiger partial charge in [0.25, 0.3) is 0 Å². The fourth-order valence-corrected chi connectivity index (χ4v) is 3.56. The number of hydrogen-bond acceptors (Lipinski definition) is 6. The average molecular weight is 333 g/mol. The van der Waals surface area contributed by atoms with Crippen LogP contribution in [0.4, 0.5) is 5.13 Å². The van der Waals surface area contributed by atoms with E-state index in [-0.39, 0.29) is 6.04 Å². The van der Waals surface area contributed by atoms with Gasteiger partial charge >= 0.3 is 0 Å². The zero-order valence-electron chi connectivity index (χ0n) is 13.8. The molecule has 5 nitrogen and oxygen atoms in total. The average Bonchev–Trinajstić information content (AvgIpc) is 3.22. The number of fused-ring (bicyclic) bond motifs is 1. The minimum Gasteiger partial charge on any atom is -0.454 e.